The Balaban J connectivity index is 1.67. The molecule has 1 N–H and O–H groups in total. The van der Waals surface area contributed by atoms with Crippen LogP contribution in [0.3, 0.4) is 0 Å². The van der Waals surface area contributed by atoms with Gasteiger partial charge >= 0.3 is 0 Å². The molecule has 0 spiro atoms. The summed E-state index contributed by atoms with van der Waals surface area (Å²) < 4.78 is 5.65. The first-order chi connectivity index (χ1) is 10.2. The van der Waals surface area contributed by atoms with Gasteiger partial charge in [0.05, 0.1) is 0 Å². The van der Waals surface area contributed by atoms with Crippen molar-refractivity contribution in [3.8, 4) is 5.75 Å². The summed E-state index contributed by atoms with van der Waals surface area (Å²) >= 11 is 5.84. The van der Waals surface area contributed by atoms with Crippen LogP contribution in [0, 0.1) is 0 Å². The highest BCUT2D eigenvalue weighted by molar-refractivity contribution is 6.30. The lowest BCUT2D eigenvalue weighted by Crippen LogP contribution is -2.16. The van der Waals surface area contributed by atoms with E-state index in [1.807, 2.05) is 30.3 Å². The van der Waals surface area contributed by atoms with E-state index >= 15 is 0 Å². The molecular formula is C18H19ClO2. The quantitative estimate of drug-likeness (QED) is 0.866. The Morgan fingerprint density at radius 1 is 1.10 bits per heavy atom. The number of benzene rings is 2. The van der Waals surface area contributed by atoms with Gasteiger partial charge in [-0.05, 0) is 54.2 Å². The van der Waals surface area contributed by atoms with Gasteiger partial charge in [-0.25, -0.2) is 0 Å². The highest BCUT2D eigenvalue weighted by Crippen LogP contribution is 2.39. The average molecular weight is 303 g/mol. The summed E-state index contributed by atoms with van der Waals surface area (Å²) in [6.45, 7) is 0.255. The molecule has 0 radical (unpaired) electrons. The second-order valence-corrected chi connectivity index (χ2v) is 5.97. The normalized spacial score (nSPS) is 16.3. The zero-order chi connectivity index (χ0) is 14.7. The van der Waals surface area contributed by atoms with E-state index in [1.54, 1.807) is 12.1 Å². The molecule has 0 saturated heterocycles. The van der Waals surface area contributed by atoms with Crippen LogP contribution < -0.4 is 4.74 Å². The van der Waals surface area contributed by atoms with Crippen LogP contribution in [-0.2, 0) is 0 Å². The number of aliphatic hydroxyl groups excluding tert-OH is 1. The van der Waals surface area contributed by atoms with Gasteiger partial charge < -0.3 is 9.84 Å². The first-order valence-corrected chi connectivity index (χ1v) is 7.77. The van der Waals surface area contributed by atoms with Crippen molar-refractivity contribution in [1.29, 1.82) is 0 Å². The lowest BCUT2D eigenvalue weighted by Gasteiger charge is -2.29. The van der Waals surface area contributed by atoms with Crippen LogP contribution in [0.5, 0.6) is 5.75 Å². The number of halogens is 1. The highest BCUT2D eigenvalue weighted by Gasteiger charge is 2.24. The van der Waals surface area contributed by atoms with E-state index in [1.165, 1.54) is 24.8 Å². The lowest BCUT2D eigenvalue weighted by atomic mass is 9.77. The van der Waals surface area contributed by atoms with Crippen LogP contribution >= 0.6 is 11.6 Å². The molecular weight excluding hydrogens is 284 g/mol. The Morgan fingerprint density at radius 2 is 1.81 bits per heavy atom. The Bertz CT molecular complexity index is 590. The summed E-state index contributed by atoms with van der Waals surface area (Å²) in [6.07, 6.45) is 3.14. The minimum absolute atomic E-state index is 0.255. The molecule has 1 unspecified atom stereocenters. The number of ether oxygens (including phenoxy) is 1. The molecule has 0 heterocycles. The zero-order valence-corrected chi connectivity index (χ0v) is 12.6. The number of rotatable bonds is 5. The van der Waals surface area contributed by atoms with Gasteiger partial charge in [-0.1, -0.05) is 42.3 Å². The van der Waals surface area contributed by atoms with Gasteiger partial charge in [0.15, 0.2) is 0 Å². The largest absolute Gasteiger partial charge is 0.491 e. The van der Waals surface area contributed by atoms with Crippen molar-refractivity contribution >= 4 is 11.6 Å². The second kappa shape index (κ2) is 6.50. The Labute approximate surface area is 130 Å². The molecule has 1 aliphatic rings. The average Bonchev–Trinajstić information content (AvgIpc) is 2.45. The van der Waals surface area contributed by atoms with E-state index in [0.29, 0.717) is 10.9 Å². The van der Waals surface area contributed by atoms with E-state index in [4.69, 9.17) is 16.3 Å². The van der Waals surface area contributed by atoms with E-state index in [-0.39, 0.29) is 6.61 Å². The monoisotopic (exact) mass is 302 g/mol. The molecule has 1 fully saturated rings. The predicted molar refractivity (Wildman–Crippen MR) is 84.9 cm³/mol. The Hall–Kier alpha value is -1.51. The summed E-state index contributed by atoms with van der Waals surface area (Å²) in [5.41, 5.74) is 2.27. The van der Waals surface area contributed by atoms with Crippen molar-refractivity contribution in [2.24, 2.45) is 0 Å². The third-order valence-electron chi connectivity index (χ3n) is 4.12. The Morgan fingerprint density at radius 3 is 2.48 bits per heavy atom. The fraction of sp³-hybridized carbons (Fsp3) is 0.333. The summed E-state index contributed by atoms with van der Waals surface area (Å²) in [5, 5.41) is 11.1. The van der Waals surface area contributed by atoms with Gasteiger partial charge in [0, 0.05) is 5.02 Å². The molecule has 0 aliphatic heterocycles. The number of hydrogen-bond donors (Lipinski definition) is 1. The lowest BCUT2D eigenvalue weighted by molar-refractivity contribution is 0.106. The third-order valence-corrected chi connectivity index (χ3v) is 4.37. The molecule has 110 valence electrons. The Kier molecular flexibility index (Phi) is 4.47. The van der Waals surface area contributed by atoms with Gasteiger partial charge in [-0.3, -0.25) is 0 Å². The van der Waals surface area contributed by atoms with Crippen LogP contribution in [0.25, 0.3) is 0 Å². The smallest absolute Gasteiger partial charge is 0.119 e. The number of aliphatic hydroxyl groups is 1. The molecule has 1 saturated carbocycles. The van der Waals surface area contributed by atoms with Gasteiger partial charge in [-0.2, -0.15) is 0 Å². The van der Waals surface area contributed by atoms with Crippen molar-refractivity contribution < 1.29 is 9.84 Å². The van der Waals surface area contributed by atoms with Crippen LogP contribution in [0.1, 0.15) is 42.4 Å². The molecule has 0 aromatic heterocycles. The second-order valence-electron chi connectivity index (χ2n) is 5.54. The zero-order valence-electron chi connectivity index (χ0n) is 11.8. The van der Waals surface area contributed by atoms with Crippen LogP contribution in [-0.4, -0.2) is 11.7 Å². The topological polar surface area (TPSA) is 29.5 Å². The van der Waals surface area contributed by atoms with E-state index < -0.39 is 6.10 Å². The molecule has 1 aliphatic carbocycles. The van der Waals surface area contributed by atoms with Gasteiger partial charge in [0.2, 0.25) is 0 Å². The summed E-state index contributed by atoms with van der Waals surface area (Å²) in [6, 6.07) is 15.3. The molecule has 3 rings (SSSR count). The fourth-order valence-electron chi connectivity index (χ4n) is 2.70. The third kappa shape index (κ3) is 3.39. The van der Waals surface area contributed by atoms with Crippen molar-refractivity contribution in [2.45, 2.75) is 31.3 Å². The molecule has 2 aromatic carbocycles. The fourth-order valence-corrected chi connectivity index (χ4v) is 2.83. The molecule has 3 heteroatoms. The van der Waals surface area contributed by atoms with Crippen molar-refractivity contribution in [3.63, 3.8) is 0 Å². The van der Waals surface area contributed by atoms with Gasteiger partial charge in [0.25, 0.3) is 0 Å². The SMILES string of the molecule is OC(COc1ccc(Cl)cc1)c1ccccc1C1CCC1. The first kappa shape index (κ1) is 14.4. The number of hydrogen-bond acceptors (Lipinski definition) is 2. The van der Waals surface area contributed by atoms with E-state index in [0.717, 1.165) is 11.3 Å². The van der Waals surface area contributed by atoms with Crippen molar-refractivity contribution in [3.05, 3.63) is 64.7 Å². The van der Waals surface area contributed by atoms with Crippen molar-refractivity contribution in [1.82, 2.24) is 0 Å². The maximum absolute atomic E-state index is 10.4. The standard InChI is InChI=1S/C18H19ClO2/c19-14-8-10-15(11-9-14)21-12-18(20)17-7-2-1-6-16(17)13-4-3-5-13/h1-2,6-11,13,18,20H,3-5,12H2. The molecule has 21 heavy (non-hydrogen) atoms. The molecule has 0 amide bonds. The molecule has 1 atom stereocenters. The molecule has 2 nitrogen and oxygen atoms in total. The van der Waals surface area contributed by atoms with Crippen LogP contribution in [0.4, 0.5) is 0 Å². The maximum atomic E-state index is 10.4. The van der Waals surface area contributed by atoms with E-state index in [2.05, 4.69) is 6.07 Å². The minimum atomic E-state index is -0.600. The van der Waals surface area contributed by atoms with Crippen LogP contribution in [0.15, 0.2) is 48.5 Å². The van der Waals surface area contributed by atoms with E-state index in [9.17, 15) is 5.11 Å². The van der Waals surface area contributed by atoms with Crippen molar-refractivity contribution in [2.75, 3.05) is 6.61 Å². The highest BCUT2D eigenvalue weighted by atomic mass is 35.5. The maximum Gasteiger partial charge on any atom is 0.119 e. The first-order valence-electron chi connectivity index (χ1n) is 7.39. The summed E-state index contributed by atoms with van der Waals surface area (Å²) in [4.78, 5) is 0. The van der Waals surface area contributed by atoms with Crippen LogP contribution in [0.2, 0.25) is 5.02 Å². The summed E-state index contributed by atoms with van der Waals surface area (Å²) in [5.74, 6) is 1.32. The molecule has 2 aromatic rings. The minimum Gasteiger partial charge on any atom is -0.491 e. The van der Waals surface area contributed by atoms with Gasteiger partial charge in [0.1, 0.15) is 18.5 Å². The summed E-state index contributed by atoms with van der Waals surface area (Å²) in [7, 11) is 0. The van der Waals surface area contributed by atoms with Gasteiger partial charge in [-0.15, -0.1) is 0 Å². The predicted octanol–water partition coefficient (Wildman–Crippen LogP) is 4.72. The molecule has 0 bridgehead atoms.